The molecular formula is C7H9NO6. The number of nitrogens with two attached hydrogens (primary N) is 1. The Morgan fingerprint density at radius 1 is 1.57 bits per heavy atom. The van der Waals surface area contributed by atoms with Gasteiger partial charge in [0.15, 0.2) is 12.2 Å². The zero-order chi connectivity index (χ0) is 10.3. The number of aliphatic hydroxyl groups excluding tert-OH is 1. The highest BCUT2D eigenvalue weighted by Crippen LogP contribution is 2.34. The van der Waals surface area contributed by atoms with Crippen LogP contribution in [0.15, 0.2) is 0 Å². The minimum absolute atomic E-state index is 0.182. The van der Waals surface area contributed by atoms with Crippen molar-refractivity contribution in [2.75, 3.05) is 6.61 Å². The third-order valence-electron chi connectivity index (χ3n) is 2.20. The molecule has 0 saturated carbocycles. The molecule has 2 saturated heterocycles. The second kappa shape index (κ2) is 3.28. The summed E-state index contributed by atoms with van der Waals surface area (Å²) in [7, 11) is 0. The zero-order valence-electron chi connectivity index (χ0n) is 7.08. The third kappa shape index (κ3) is 1.40. The molecule has 4 unspecified atom stereocenters. The molecule has 0 spiro atoms. The molecule has 0 aliphatic carbocycles. The number of rotatable bonds is 3. The molecule has 7 nitrogen and oxygen atoms in total. The Kier molecular flexibility index (Phi) is 2.23. The highest BCUT2D eigenvalue weighted by atomic mass is 16.7. The molecular weight excluding hydrogens is 194 g/mol. The van der Waals surface area contributed by atoms with Gasteiger partial charge in [-0.2, -0.15) is 0 Å². The molecule has 2 fully saturated rings. The summed E-state index contributed by atoms with van der Waals surface area (Å²) in [5.41, 5.74) is 0. The predicted molar refractivity (Wildman–Crippen MR) is 39.7 cm³/mol. The Morgan fingerprint density at radius 3 is 2.93 bits per heavy atom. The van der Waals surface area contributed by atoms with E-state index in [0.717, 1.165) is 0 Å². The number of aliphatic hydroxyl groups is 1. The first-order chi connectivity index (χ1) is 6.65. The van der Waals surface area contributed by atoms with Crippen molar-refractivity contribution in [3.63, 3.8) is 0 Å². The number of fused-ring (bicyclic) bond motifs is 1. The number of hydrogen-bond donors (Lipinski definition) is 2. The van der Waals surface area contributed by atoms with Crippen molar-refractivity contribution in [1.82, 2.24) is 0 Å². The van der Waals surface area contributed by atoms with Crippen LogP contribution >= 0.6 is 0 Å². The van der Waals surface area contributed by atoms with Crippen molar-refractivity contribution in [2.45, 2.75) is 24.4 Å². The maximum Gasteiger partial charge on any atom is 0.378 e. The molecule has 2 aliphatic rings. The van der Waals surface area contributed by atoms with E-state index in [1.165, 1.54) is 0 Å². The van der Waals surface area contributed by atoms with Crippen molar-refractivity contribution in [2.24, 2.45) is 5.90 Å². The van der Waals surface area contributed by atoms with Gasteiger partial charge in [-0.15, -0.1) is 0 Å². The highest BCUT2D eigenvalue weighted by molar-refractivity contribution is 6.37. The van der Waals surface area contributed by atoms with Crippen LogP contribution < -0.4 is 5.90 Å². The quantitative estimate of drug-likeness (QED) is 0.225. The van der Waals surface area contributed by atoms with Crippen LogP contribution in [0.4, 0.5) is 0 Å². The van der Waals surface area contributed by atoms with Gasteiger partial charge in [0.1, 0.15) is 12.2 Å². The molecule has 2 rings (SSSR count). The van der Waals surface area contributed by atoms with Gasteiger partial charge < -0.3 is 19.4 Å². The summed E-state index contributed by atoms with van der Waals surface area (Å²) in [6.45, 7) is -0.182. The molecule has 14 heavy (non-hydrogen) atoms. The summed E-state index contributed by atoms with van der Waals surface area (Å²) in [6.07, 6.45) is -3.25. The molecule has 0 aromatic heterocycles. The predicted octanol–water partition coefficient (Wildman–Crippen LogP) is -2.50. The van der Waals surface area contributed by atoms with E-state index < -0.39 is 36.2 Å². The van der Waals surface area contributed by atoms with Crippen LogP contribution in [0.5, 0.6) is 0 Å². The molecule has 7 heteroatoms. The van der Waals surface area contributed by atoms with Gasteiger partial charge in [0, 0.05) is 0 Å². The maximum atomic E-state index is 11.0. The minimum Gasteiger partial charge on any atom is -0.451 e. The lowest BCUT2D eigenvalue weighted by atomic mass is 10.0. The lowest BCUT2D eigenvalue weighted by Gasteiger charge is -2.22. The molecule has 2 aliphatic heterocycles. The SMILES string of the molecule is NOCC(O)C1OC(=O)C(=O)C2OC21. The van der Waals surface area contributed by atoms with Crippen LogP contribution in [0.1, 0.15) is 0 Å². The zero-order valence-corrected chi connectivity index (χ0v) is 7.08. The number of Topliss-reactive ketones (excluding diaryl/α,β-unsaturated/α-hetero) is 1. The van der Waals surface area contributed by atoms with Crippen LogP contribution in [-0.2, 0) is 23.9 Å². The summed E-state index contributed by atoms with van der Waals surface area (Å²) in [5.74, 6) is 3.07. The molecule has 0 amide bonds. The van der Waals surface area contributed by atoms with Crippen molar-refractivity contribution in [3.8, 4) is 0 Å². The minimum atomic E-state index is -1.08. The summed E-state index contributed by atoms with van der Waals surface area (Å²) >= 11 is 0. The fourth-order valence-corrected chi connectivity index (χ4v) is 1.44. The van der Waals surface area contributed by atoms with Crippen molar-refractivity contribution < 1.29 is 29.0 Å². The molecule has 0 aromatic carbocycles. The van der Waals surface area contributed by atoms with E-state index in [1.54, 1.807) is 0 Å². The van der Waals surface area contributed by atoms with Gasteiger partial charge in [-0.1, -0.05) is 0 Å². The molecule has 4 atom stereocenters. The van der Waals surface area contributed by atoms with E-state index >= 15 is 0 Å². The van der Waals surface area contributed by atoms with Gasteiger partial charge in [-0.3, -0.25) is 4.79 Å². The molecule has 78 valence electrons. The van der Waals surface area contributed by atoms with E-state index in [0.29, 0.717) is 0 Å². The molecule has 0 radical (unpaired) electrons. The van der Waals surface area contributed by atoms with Gasteiger partial charge >= 0.3 is 5.97 Å². The smallest absolute Gasteiger partial charge is 0.378 e. The summed E-state index contributed by atoms with van der Waals surface area (Å²) in [4.78, 5) is 26.1. The Bertz CT molecular complexity index is 279. The van der Waals surface area contributed by atoms with Crippen molar-refractivity contribution >= 4 is 11.8 Å². The van der Waals surface area contributed by atoms with Crippen LogP contribution in [0.2, 0.25) is 0 Å². The Balaban J connectivity index is 2.02. The largest absolute Gasteiger partial charge is 0.451 e. The van der Waals surface area contributed by atoms with Gasteiger partial charge in [-0.05, 0) is 0 Å². The van der Waals surface area contributed by atoms with E-state index in [2.05, 4.69) is 9.57 Å². The van der Waals surface area contributed by atoms with Gasteiger partial charge in [0.2, 0.25) is 0 Å². The van der Waals surface area contributed by atoms with Crippen LogP contribution in [0.3, 0.4) is 0 Å². The molecule has 0 bridgehead atoms. The van der Waals surface area contributed by atoms with Crippen LogP contribution in [0.25, 0.3) is 0 Å². The maximum absolute atomic E-state index is 11.0. The van der Waals surface area contributed by atoms with Gasteiger partial charge in [0.25, 0.3) is 5.78 Å². The average molecular weight is 203 g/mol. The summed E-state index contributed by atoms with van der Waals surface area (Å²) in [5, 5.41) is 9.40. The normalized spacial score (nSPS) is 37.4. The number of cyclic esters (lactones) is 1. The summed E-state index contributed by atoms with van der Waals surface area (Å²) < 4.78 is 9.56. The highest BCUT2D eigenvalue weighted by Gasteiger charge is 2.60. The number of epoxide rings is 1. The monoisotopic (exact) mass is 203 g/mol. The first-order valence-electron chi connectivity index (χ1n) is 4.05. The van der Waals surface area contributed by atoms with Crippen LogP contribution in [-0.4, -0.2) is 47.9 Å². The first-order valence-corrected chi connectivity index (χ1v) is 4.05. The standard InChI is InChI=1S/C7H9NO6/c8-12-1-2(9)4-6-5(13-6)3(10)7(11)14-4/h2,4-6,9H,1,8H2. The first kappa shape index (κ1) is 9.53. The Hall–Kier alpha value is -1.02. The third-order valence-corrected chi connectivity index (χ3v) is 2.20. The van der Waals surface area contributed by atoms with E-state index in [1.807, 2.05) is 0 Å². The fourth-order valence-electron chi connectivity index (χ4n) is 1.44. The topological polar surface area (TPSA) is 111 Å². The Morgan fingerprint density at radius 2 is 2.29 bits per heavy atom. The molecule has 2 heterocycles. The lowest BCUT2D eigenvalue weighted by Crippen LogP contribution is -2.46. The Labute approximate surface area is 78.7 Å². The molecule has 0 aromatic rings. The number of ether oxygens (including phenoxy) is 2. The van der Waals surface area contributed by atoms with Crippen LogP contribution in [0, 0.1) is 0 Å². The molecule has 3 N–H and O–H groups in total. The van der Waals surface area contributed by atoms with Crippen molar-refractivity contribution in [3.05, 3.63) is 0 Å². The second-order valence-corrected chi connectivity index (χ2v) is 3.16. The van der Waals surface area contributed by atoms with Crippen molar-refractivity contribution in [1.29, 1.82) is 0 Å². The number of esters is 1. The van der Waals surface area contributed by atoms with Gasteiger partial charge in [-0.25, -0.2) is 10.7 Å². The second-order valence-electron chi connectivity index (χ2n) is 3.16. The fraction of sp³-hybridized carbons (Fsp3) is 0.714. The average Bonchev–Trinajstić information content (AvgIpc) is 2.91. The summed E-state index contributed by atoms with van der Waals surface area (Å²) in [6, 6.07) is 0. The van der Waals surface area contributed by atoms with E-state index in [9.17, 15) is 14.7 Å². The van der Waals surface area contributed by atoms with E-state index in [-0.39, 0.29) is 6.61 Å². The lowest BCUT2D eigenvalue weighted by molar-refractivity contribution is -0.167. The van der Waals surface area contributed by atoms with E-state index in [4.69, 9.17) is 10.6 Å². The number of carbonyl (C=O) groups is 2. The number of ketones is 1. The van der Waals surface area contributed by atoms with Gasteiger partial charge in [0.05, 0.1) is 6.61 Å². The number of hydrogen-bond acceptors (Lipinski definition) is 7. The number of carbonyl (C=O) groups excluding carboxylic acids is 2.